The molecule has 0 saturated carbocycles. The summed E-state index contributed by atoms with van der Waals surface area (Å²) < 4.78 is 290. The predicted molar refractivity (Wildman–Crippen MR) is 189 cm³/mol. The van der Waals surface area contributed by atoms with Gasteiger partial charge < -0.3 is 26.2 Å². The normalized spacial score (nSPS) is 13.7. The van der Waals surface area contributed by atoms with Gasteiger partial charge in [0, 0.05) is 36.9 Å². The maximum atomic E-state index is 13.8. The molecule has 0 aromatic heterocycles. The van der Waals surface area contributed by atoms with Crippen LogP contribution in [0.15, 0.2) is 24.3 Å². The molecule has 0 spiro atoms. The molecule has 0 saturated heterocycles. The second-order valence-corrected chi connectivity index (χ2v) is 19.0. The highest BCUT2D eigenvalue weighted by Gasteiger charge is 2.52. The Labute approximate surface area is 342 Å². The average molecular weight is 1070 g/mol. The third-order valence-electron chi connectivity index (χ3n) is 7.70. The monoisotopic (exact) mass is 1070 g/mol. The van der Waals surface area contributed by atoms with Crippen molar-refractivity contribution in [2.75, 3.05) is 14.2 Å². The van der Waals surface area contributed by atoms with Gasteiger partial charge in [-0.3, -0.25) is 0 Å². The van der Waals surface area contributed by atoms with E-state index in [9.17, 15) is 86.4 Å². The Hall–Kier alpha value is -4.11. The van der Waals surface area contributed by atoms with Crippen molar-refractivity contribution in [1.29, 1.82) is 0 Å². The summed E-state index contributed by atoms with van der Waals surface area (Å²) >= 11 is 1.25. The zero-order valence-corrected chi connectivity index (χ0v) is 35.0. The van der Waals surface area contributed by atoms with Crippen molar-refractivity contribution < 1.29 is 113 Å². The zero-order valence-electron chi connectivity index (χ0n) is 29.6. The van der Waals surface area contributed by atoms with Crippen molar-refractivity contribution in [3.8, 4) is 45.6 Å². The van der Waals surface area contributed by atoms with Crippen LogP contribution in [0.4, 0.5) is 52.7 Å². The molecule has 0 bridgehead atoms. The third kappa shape index (κ3) is 8.67. The lowest BCUT2D eigenvalue weighted by Crippen LogP contribution is -2.29. The van der Waals surface area contributed by atoms with Gasteiger partial charge in [0.1, 0.15) is 11.5 Å². The molecule has 14 nitrogen and oxygen atoms in total. The van der Waals surface area contributed by atoms with E-state index in [4.69, 9.17) is 9.47 Å². The van der Waals surface area contributed by atoms with Gasteiger partial charge in [-0.05, 0) is 72.2 Å². The number of aryl methyl sites for hydroxylation is 3. The van der Waals surface area contributed by atoms with Crippen LogP contribution in [0.5, 0.6) is 34.5 Å². The number of alkyl halides is 12. The van der Waals surface area contributed by atoms with E-state index in [-0.39, 0.29) is 12.1 Å². The van der Waals surface area contributed by atoms with Crippen LogP contribution < -0.4 is 26.2 Å². The maximum absolute atomic E-state index is 13.8. The number of rotatable bonds is 11. The Morgan fingerprint density at radius 3 is 1.15 bits per heavy atom. The highest BCUT2D eigenvalue weighted by atomic mass is 127. The summed E-state index contributed by atoms with van der Waals surface area (Å²) in [5, 5.41) is -4.64. The maximum Gasteiger partial charge on any atom is 0.534 e. The molecular weight excluding hydrogens is 1060 g/mol. The topological polar surface area (TPSA) is 192 Å². The lowest BCUT2D eigenvalue weighted by molar-refractivity contribution is -0.0505. The molecule has 0 aliphatic carbocycles. The molecule has 0 amide bonds. The summed E-state index contributed by atoms with van der Waals surface area (Å²) in [7, 11) is -25.8. The highest BCUT2D eigenvalue weighted by molar-refractivity contribution is 14.1. The first-order valence-corrected chi connectivity index (χ1v) is 21.6. The third-order valence-corrected chi connectivity index (χ3v) is 12.4. The van der Waals surface area contributed by atoms with Gasteiger partial charge in [-0.15, -0.1) is 0 Å². The van der Waals surface area contributed by atoms with Crippen molar-refractivity contribution in [2.45, 2.75) is 42.8 Å². The fourth-order valence-electron chi connectivity index (χ4n) is 5.35. The van der Waals surface area contributed by atoms with Gasteiger partial charge in [-0.25, -0.2) is 0 Å². The van der Waals surface area contributed by atoms with E-state index in [1.807, 2.05) is 0 Å². The molecule has 4 aromatic rings. The van der Waals surface area contributed by atoms with Gasteiger partial charge in [0.25, 0.3) is 0 Å². The number of fused-ring (bicyclic) bond motifs is 2. The Morgan fingerprint density at radius 1 is 0.417 bits per heavy atom. The van der Waals surface area contributed by atoms with Gasteiger partial charge >= 0.3 is 62.5 Å². The standard InChI is InChI=1S/C29H19F12IO14S4/c1-10-6-11(2)25(56-60(49,50)29(39,40)41)23-17(54-58(45,46)27(33,34)35)9-15(52-5)20(18(10)23)21-14(51-4)8-13(42)19-22(21)16(53-57(43,44)26(30,31)32)7-12(3)24(19)55-59(47,48)28(36,37)38/h6-9H,1-5H3. The van der Waals surface area contributed by atoms with Crippen molar-refractivity contribution in [3.63, 3.8) is 0 Å². The van der Waals surface area contributed by atoms with E-state index in [1.165, 1.54) is 22.6 Å². The van der Waals surface area contributed by atoms with Crippen LogP contribution in [0.3, 0.4) is 0 Å². The minimum absolute atomic E-state index is 0.156. The van der Waals surface area contributed by atoms with Crippen molar-refractivity contribution in [3.05, 3.63) is 44.5 Å². The van der Waals surface area contributed by atoms with Gasteiger partial charge in [0.15, 0.2) is 23.0 Å². The van der Waals surface area contributed by atoms with Crippen LogP contribution in [0, 0.1) is 24.3 Å². The quantitative estimate of drug-likeness (QED) is 0.0605. The van der Waals surface area contributed by atoms with Crippen LogP contribution in [-0.4, -0.2) is 69.9 Å². The Kier molecular flexibility index (Phi) is 12.4. The number of halogens is 13. The molecule has 4 rings (SSSR count). The molecule has 0 heterocycles. The molecule has 0 aliphatic rings. The first kappa shape index (κ1) is 48.6. The van der Waals surface area contributed by atoms with Crippen molar-refractivity contribution in [2.24, 2.45) is 0 Å². The van der Waals surface area contributed by atoms with Crippen LogP contribution in [-0.2, 0) is 40.5 Å². The number of ether oxygens (including phenoxy) is 2. The Bertz CT molecular complexity index is 2890. The first-order valence-electron chi connectivity index (χ1n) is 14.9. The first-order chi connectivity index (χ1) is 26.9. The second-order valence-electron chi connectivity index (χ2n) is 11.7. The summed E-state index contributed by atoms with van der Waals surface area (Å²) in [5.41, 5.74) is -29.0. The van der Waals surface area contributed by atoms with Crippen LogP contribution in [0.2, 0.25) is 0 Å². The smallest absolute Gasteiger partial charge is 0.496 e. The Balaban J connectivity index is 2.50. The summed E-state index contributed by atoms with van der Waals surface area (Å²) in [5.74, 6) is -7.98. The molecule has 0 aliphatic heterocycles. The largest absolute Gasteiger partial charge is 0.534 e. The van der Waals surface area contributed by atoms with E-state index in [0.29, 0.717) is 14.0 Å². The molecule has 0 radical (unpaired) electrons. The fourth-order valence-corrected chi connectivity index (χ4v) is 8.13. The summed E-state index contributed by atoms with van der Waals surface area (Å²) in [6, 6.07) is 1.94. The van der Waals surface area contributed by atoms with Gasteiger partial charge in [0.2, 0.25) is 0 Å². The Morgan fingerprint density at radius 2 is 0.750 bits per heavy atom. The van der Waals surface area contributed by atoms with E-state index < -0.39 is 150 Å². The number of hydrogen-bond acceptors (Lipinski definition) is 14. The van der Waals surface area contributed by atoms with Crippen molar-refractivity contribution >= 4 is 84.6 Å². The van der Waals surface area contributed by atoms with Crippen LogP contribution in [0.1, 0.15) is 16.7 Å². The molecule has 0 N–H and O–H groups in total. The van der Waals surface area contributed by atoms with E-state index in [1.54, 1.807) is 0 Å². The van der Waals surface area contributed by atoms with E-state index in [0.717, 1.165) is 33.1 Å². The number of hydrogen-bond donors (Lipinski definition) is 0. The summed E-state index contributed by atoms with van der Waals surface area (Å²) in [6.07, 6.45) is 0. The molecule has 31 heteroatoms. The van der Waals surface area contributed by atoms with Gasteiger partial charge in [-0.2, -0.15) is 86.4 Å². The molecule has 60 heavy (non-hydrogen) atoms. The molecular formula is C29H19F12IO14S4. The van der Waals surface area contributed by atoms with E-state index in [2.05, 4.69) is 16.7 Å². The molecule has 0 unspecified atom stereocenters. The minimum Gasteiger partial charge on any atom is -0.496 e. The molecule has 0 fully saturated rings. The highest BCUT2D eigenvalue weighted by Crippen LogP contribution is 2.56. The fraction of sp³-hybridized carbons (Fsp3) is 0.310. The molecule has 334 valence electrons. The summed E-state index contributed by atoms with van der Waals surface area (Å²) in [6.45, 7) is 2.50. The SMILES string of the molecule is COc1cc(OS(=O)(=O)C(F)(F)F)c2c(OS(=O)(=O)C(F)(F)F)c(C)cc(C)c2c1-c1c(OC)cc(I)c2c(OS(=O)(=O)C(F)(F)F)c(C)cc(OS(=O)(=O)C(F)(F)F)c12. The minimum atomic E-state index is -6.86. The van der Waals surface area contributed by atoms with Crippen molar-refractivity contribution in [1.82, 2.24) is 0 Å². The summed E-state index contributed by atoms with van der Waals surface area (Å²) in [4.78, 5) is 0. The average Bonchev–Trinajstić information content (AvgIpc) is 3.05. The van der Waals surface area contributed by atoms with Gasteiger partial charge in [0.05, 0.1) is 19.6 Å². The number of methoxy groups -OCH3 is 2. The molecule has 0 atom stereocenters. The van der Waals surface area contributed by atoms with E-state index >= 15 is 0 Å². The zero-order chi connectivity index (χ0) is 46.3. The van der Waals surface area contributed by atoms with Gasteiger partial charge in [-0.1, -0.05) is 6.07 Å². The van der Waals surface area contributed by atoms with Crippen LogP contribution >= 0.6 is 22.6 Å². The lowest BCUT2D eigenvalue weighted by Gasteiger charge is -2.25. The predicted octanol–water partition coefficient (Wildman–Crippen LogP) is 8.12. The molecule has 4 aromatic carbocycles. The number of benzene rings is 4. The second kappa shape index (κ2) is 15.4. The lowest BCUT2D eigenvalue weighted by atomic mass is 9.87. The van der Waals surface area contributed by atoms with Crippen LogP contribution in [0.25, 0.3) is 32.7 Å².